The molecule has 2 unspecified atom stereocenters. The minimum atomic E-state index is -1.04. The summed E-state index contributed by atoms with van der Waals surface area (Å²) in [6, 6.07) is 11.2. The average Bonchev–Trinajstić information content (AvgIpc) is 2.89. The number of nitrogens with one attached hydrogen (secondary N) is 1. The maximum atomic E-state index is 13.2. The van der Waals surface area contributed by atoms with Gasteiger partial charge in [0.15, 0.2) is 0 Å². The molecule has 0 saturated heterocycles. The summed E-state index contributed by atoms with van der Waals surface area (Å²) in [7, 11) is 0. The first-order valence-corrected chi connectivity index (χ1v) is 7.49. The number of aliphatic hydroxyl groups excluding tert-OH is 1. The predicted octanol–water partition coefficient (Wildman–Crippen LogP) is 2.81. The van der Waals surface area contributed by atoms with Crippen LogP contribution in [0, 0.1) is 12.7 Å². The molecular formula is C18H18FNO3. The number of carbonyl (C=O) groups excluding carboxylic acids is 1. The van der Waals surface area contributed by atoms with E-state index in [-0.39, 0.29) is 18.4 Å². The number of amides is 1. The van der Waals surface area contributed by atoms with Gasteiger partial charge in [-0.2, -0.15) is 0 Å². The average molecular weight is 315 g/mol. The van der Waals surface area contributed by atoms with Gasteiger partial charge in [-0.3, -0.25) is 4.79 Å². The molecule has 3 rings (SSSR count). The van der Waals surface area contributed by atoms with Gasteiger partial charge in [0.1, 0.15) is 18.2 Å². The molecule has 1 aliphatic heterocycles. The van der Waals surface area contributed by atoms with E-state index in [1.165, 1.54) is 18.2 Å². The number of hydrogen-bond acceptors (Lipinski definition) is 3. The minimum absolute atomic E-state index is 0.124. The van der Waals surface area contributed by atoms with Crippen molar-refractivity contribution in [1.29, 1.82) is 0 Å². The highest BCUT2D eigenvalue weighted by atomic mass is 19.1. The second-order valence-electron chi connectivity index (χ2n) is 5.75. The van der Waals surface area contributed by atoms with E-state index in [1.807, 2.05) is 25.1 Å². The van der Waals surface area contributed by atoms with Crippen molar-refractivity contribution in [2.45, 2.75) is 25.5 Å². The second kappa shape index (κ2) is 6.38. The summed E-state index contributed by atoms with van der Waals surface area (Å²) in [5.41, 5.74) is 2.42. The van der Waals surface area contributed by atoms with Crippen LogP contribution in [0.4, 0.5) is 4.39 Å². The Morgan fingerprint density at radius 2 is 2.22 bits per heavy atom. The van der Waals surface area contributed by atoms with E-state index in [0.717, 1.165) is 16.9 Å². The number of ether oxygens (including phenoxy) is 1. The van der Waals surface area contributed by atoms with E-state index in [1.54, 1.807) is 6.07 Å². The standard InChI is InChI=1S/C18H18FNO3/c1-11-5-6-17-14(7-11)15(10-23-17)20-18(22)9-16(21)12-3-2-4-13(19)8-12/h2-8,15-16,21H,9-10H2,1H3,(H,20,22). The number of rotatable bonds is 4. The van der Waals surface area contributed by atoms with E-state index in [2.05, 4.69) is 5.32 Å². The first-order chi connectivity index (χ1) is 11.0. The van der Waals surface area contributed by atoms with Crippen molar-refractivity contribution < 1.29 is 19.0 Å². The van der Waals surface area contributed by atoms with Crippen LogP contribution in [-0.2, 0) is 4.79 Å². The third-order valence-corrected chi connectivity index (χ3v) is 3.89. The van der Waals surface area contributed by atoms with Crippen LogP contribution >= 0.6 is 0 Å². The molecule has 0 spiro atoms. The Balaban J connectivity index is 1.64. The molecule has 1 aliphatic rings. The van der Waals surface area contributed by atoms with Gasteiger partial charge in [-0.05, 0) is 30.7 Å². The fourth-order valence-electron chi connectivity index (χ4n) is 2.71. The number of aliphatic hydroxyl groups is 1. The minimum Gasteiger partial charge on any atom is -0.491 e. The van der Waals surface area contributed by atoms with E-state index >= 15 is 0 Å². The first kappa shape index (κ1) is 15.5. The quantitative estimate of drug-likeness (QED) is 0.912. The molecular weight excluding hydrogens is 297 g/mol. The Morgan fingerprint density at radius 1 is 1.39 bits per heavy atom. The third kappa shape index (κ3) is 3.51. The van der Waals surface area contributed by atoms with Crippen LogP contribution in [0.5, 0.6) is 5.75 Å². The number of benzene rings is 2. The van der Waals surface area contributed by atoms with E-state index in [0.29, 0.717) is 12.2 Å². The lowest BCUT2D eigenvalue weighted by atomic mass is 10.0. The van der Waals surface area contributed by atoms with Crippen LogP contribution in [0.2, 0.25) is 0 Å². The zero-order valence-electron chi connectivity index (χ0n) is 12.8. The lowest BCUT2D eigenvalue weighted by Crippen LogP contribution is -2.30. The summed E-state index contributed by atoms with van der Waals surface area (Å²) in [6.45, 7) is 2.35. The lowest BCUT2D eigenvalue weighted by Gasteiger charge is -2.15. The molecule has 0 aliphatic carbocycles. The zero-order chi connectivity index (χ0) is 16.4. The fourth-order valence-corrected chi connectivity index (χ4v) is 2.71. The molecule has 0 aromatic heterocycles. The Bertz CT molecular complexity index is 732. The summed E-state index contributed by atoms with van der Waals surface area (Å²) in [5.74, 6) is 0.0341. The largest absolute Gasteiger partial charge is 0.491 e. The summed E-state index contributed by atoms with van der Waals surface area (Å²) < 4.78 is 18.7. The van der Waals surface area contributed by atoms with Crippen LogP contribution in [-0.4, -0.2) is 17.6 Å². The summed E-state index contributed by atoms with van der Waals surface area (Å²) in [5, 5.41) is 12.9. The highest BCUT2D eigenvalue weighted by molar-refractivity contribution is 5.77. The first-order valence-electron chi connectivity index (χ1n) is 7.49. The number of carbonyl (C=O) groups is 1. The van der Waals surface area contributed by atoms with Gasteiger partial charge in [0.2, 0.25) is 5.91 Å². The number of fused-ring (bicyclic) bond motifs is 1. The molecule has 1 amide bonds. The van der Waals surface area contributed by atoms with Gasteiger partial charge in [-0.25, -0.2) is 4.39 Å². The smallest absolute Gasteiger partial charge is 0.223 e. The highest BCUT2D eigenvalue weighted by Crippen LogP contribution is 2.33. The Labute approximate surface area is 133 Å². The van der Waals surface area contributed by atoms with Crippen molar-refractivity contribution in [3.8, 4) is 5.75 Å². The highest BCUT2D eigenvalue weighted by Gasteiger charge is 2.26. The molecule has 0 radical (unpaired) electrons. The molecule has 2 atom stereocenters. The number of aryl methyl sites for hydroxylation is 1. The molecule has 4 nitrogen and oxygen atoms in total. The van der Waals surface area contributed by atoms with Crippen LogP contribution in [0.15, 0.2) is 42.5 Å². The monoisotopic (exact) mass is 315 g/mol. The van der Waals surface area contributed by atoms with Crippen molar-refractivity contribution in [1.82, 2.24) is 5.32 Å². The molecule has 2 N–H and O–H groups in total. The SMILES string of the molecule is Cc1ccc2c(c1)C(NC(=O)CC(O)c1cccc(F)c1)CO2. The van der Waals surface area contributed by atoms with Crippen LogP contribution in [0.1, 0.15) is 35.3 Å². The topological polar surface area (TPSA) is 58.6 Å². The number of halogens is 1. The lowest BCUT2D eigenvalue weighted by molar-refractivity contribution is -0.123. The Morgan fingerprint density at radius 3 is 3.00 bits per heavy atom. The molecule has 1 heterocycles. The third-order valence-electron chi connectivity index (χ3n) is 3.89. The van der Waals surface area contributed by atoms with Crippen molar-refractivity contribution in [2.75, 3.05) is 6.61 Å². The molecule has 5 heteroatoms. The summed E-state index contributed by atoms with van der Waals surface area (Å²) in [4.78, 5) is 12.1. The van der Waals surface area contributed by atoms with Crippen molar-refractivity contribution in [3.05, 3.63) is 65.0 Å². The van der Waals surface area contributed by atoms with Gasteiger partial charge in [-0.15, -0.1) is 0 Å². The number of hydrogen-bond donors (Lipinski definition) is 2. The van der Waals surface area contributed by atoms with Gasteiger partial charge in [-0.1, -0.05) is 29.8 Å². The van der Waals surface area contributed by atoms with E-state index in [4.69, 9.17) is 4.74 Å². The molecule has 0 bridgehead atoms. The van der Waals surface area contributed by atoms with Crippen molar-refractivity contribution in [2.24, 2.45) is 0 Å². The van der Waals surface area contributed by atoms with Crippen LogP contribution in [0.25, 0.3) is 0 Å². The Kier molecular flexibility index (Phi) is 4.30. The maximum absolute atomic E-state index is 13.2. The van der Waals surface area contributed by atoms with Gasteiger partial charge in [0, 0.05) is 5.56 Å². The molecule has 0 fully saturated rings. The van der Waals surface area contributed by atoms with Gasteiger partial charge >= 0.3 is 0 Å². The molecule has 23 heavy (non-hydrogen) atoms. The van der Waals surface area contributed by atoms with E-state index in [9.17, 15) is 14.3 Å². The molecule has 2 aromatic rings. The van der Waals surface area contributed by atoms with Crippen LogP contribution < -0.4 is 10.1 Å². The van der Waals surface area contributed by atoms with Crippen molar-refractivity contribution in [3.63, 3.8) is 0 Å². The molecule has 2 aromatic carbocycles. The predicted molar refractivity (Wildman–Crippen MR) is 83.5 cm³/mol. The van der Waals surface area contributed by atoms with Crippen molar-refractivity contribution >= 4 is 5.91 Å². The maximum Gasteiger partial charge on any atom is 0.223 e. The molecule has 0 saturated carbocycles. The van der Waals surface area contributed by atoms with Gasteiger partial charge in [0.05, 0.1) is 18.6 Å². The van der Waals surface area contributed by atoms with E-state index < -0.39 is 11.9 Å². The second-order valence-corrected chi connectivity index (χ2v) is 5.75. The zero-order valence-corrected chi connectivity index (χ0v) is 12.8. The summed E-state index contributed by atoms with van der Waals surface area (Å²) in [6.07, 6.45) is -1.16. The van der Waals surface area contributed by atoms with Crippen LogP contribution in [0.3, 0.4) is 0 Å². The summed E-state index contributed by atoms with van der Waals surface area (Å²) >= 11 is 0. The normalized spacial score (nSPS) is 17.3. The van der Waals surface area contributed by atoms with Gasteiger partial charge < -0.3 is 15.2 Å². The molecule has 120 valence electrons. The van der Waals surface area contributed by atoms with Gasteiger partial charge in [0.25, 0.3) is 0 Å². The Hall–Kier alpha value is -2.40. The fraction of sp³-hybridized carbons (Fsp3) is 0.278.